The molecule has 0 unspecified atom stereocenters. The molecule has 0 aliphatic rings. The van der Waals surface area contributed by atoms with Crippen molar-refractivity contribution in [2.75, 3.05) is 10.5 Å². The predicted octanol–water partition coefficient (Wildman–Crippen LogP) is 2.18. The number of nitrogens with one attached hydrogen (secondary N) is 1. The Balaban J connectivity index is 2.11. The van der Waals surface area contributed by atoms with Crippen molar-refractivity contribution in [2.45, 2.75) is 20.3 Å². The second-order valence-corrected chi connectivity index (χ2v) is 6.62. The maximum Gasteiger partial charge on any atom is 0.272 e. The first-order chi connectivity index (χ1) is 10.3. The predicted molar refractivity (Wildman–Crippen MR) is 80.2 cm³/mol. The molecule has 0 spiro atoms. The molecular weight excluding hydrogens is 310 g/mol. The Kier molecular flexibility index (Phi) is 4.45. The molecule has 0 bridgehead atoms. The van der Waals surface area contributed by atoms with Gasteiger partial charge in [-0.15, -0.1) is 0 Å². The molecule has 118 valence electrons. The summed E-state index contributed by atoms with van der Waals surface area (Å²) < 4.78 is 31.3. The van der Waals surface area contributed by atoms with Gasteiger partial charge < -0.3 is 4.52 Å². The topological polar surface area (TPSA) is 115 Å². The fraction of sp³-hybridized carbons (Fsp3) is 0.308. The summed E-state index contributed by atoms with van der Waals surface area (Å²) in [5.41, 5.74) is 1.47. The molecule has 2 aromatic rings. The lowest BCUT2D eigenvalue weighted by molar-refractivity contribution is -0.385. The Morgan fingerprint density at radius 1 is 1.32 bits per heavy atom. The first-order valence-corrected chi connectivity index (χ1v) is 8.11. The van der Waals surface area contributed by atoms with Crippen LogP contribution in [0.3, 0.4) is 0 Å². The number of nitro benzene ring substituents is 1. The van der Waals surface area contributed by atoms with Crippen LogP contribution in [-0.2, 0) is 16.4 Å². The third-order valence-corrected chi connectivity index (χ3v) is 4.47. The second-order valence-electron chi connectivity index (χ2n) is 4.78. The molecule has 0 aliphatic heterocycles. The molecule has 0 radical (unpaired) electrons. The lowest BCUT2D eigenvalue weighted by Gasteiger charge is -2.06. The maximum atomic E-state index is 12.0. The SMILES string of the molecule is Cc1noc(NS(=O)(=O)CCc2ccccc2[N+](=O)[O-])c1C. The number of nitro groups is 1. The standard InChI is InChI=1S/C13H15N3O5S/c1-9-10(2)14-21-13(9)15-22(19,20)8-7-11-5-3-4-6-12(11)16(17)18/h3-6,15H,7-8H2,1-2H3. The summed E-state index contributed by atoms with van der Waals surface area (Å²) in [5.74, 6) is -0.225. The van der Waals surface area contributed by atoms with Crippen LogP contribution in [0, 0.1) is 24.0 Å². The van der Waals surface area contributed by atoms with Crippen LogP contribution < -0.4 is 4.72 Å². The number of nitrogens with zero attached hydrogens (tertiary/aromatic N) is 2. The summed E-state index contributed by atoms with van der Waals surface area (Å²) in [6.45, 7) is 3.38. The number of anilines is 1. The third kappa shape index (κ3) is 3.61. The van der Waals surface area contributed by atoms with E-state index in [1.807, 2.05) is 0 Å². The van der Waals surface area contributed by atoms with Crippen LogP contribution in [0.25, 0.3) is 0 Å². The molecule has 1 aromatic carbocycles. The van der Waals surface area contributed by atoms with Gasteiger partial charge >= 0.3 is 0 Å². The minimum absolute atomic E-state index is 0.0264. The molecule has 0 atom stereocenters. The Morgan fingerprint density at radius 3 is 2.59 bits per heavy atom. The van der Waals surface area contributed by atoms with E-state index in [-0.39, 0.29) is 23.7 Å². The van der Waals surface area contributed by atoms with Crippen LogP contribution in [0.2, 0.25) is 0 Å². The van der Waals surface area contributed by atoms with Gasteiger partial charge in [-0.3, -0.25) is 14.8 Å². The van der Waals surface area contributed by atoms with E-state index in [1.165, 1.54) is 18.2 Å². The van der Waals surface area contributed by atoms with Crippen molar-refractivity contribution in [1.82, 2.24) is 5.16 Å². The summed E-state index contributed by atoms with van der Waals surface area (Å²) in [6, 6.07) is 6.05. The molecule has 9 heteroatoms. The molecule has 1 heterocycles. The lowest BCUT2D eigenvalue weighted by Crippen LogP contribution is -2.18. The summed E-state index contributed by atoms with van der Waals surface area (Å²) in [7, 11) is -3.69. The van der Waals surface area contributed by atoms with E-state index in [2.05, 4.69) is 9.88 Å². The van der Waals surface area contributed by atoms with Crippen molar-refractivity contribution in [3.63, 3.8) is 0 Å². The minimum Gasteiger partial charge on any atom is -0.337 e. The number of para-hydroxylation sites is 1. The molecular formula is C13H15N3O5S. The van der Waals surface area contributed by atoms with Gasteiger partial charge in [-0.05, 0) is 20.3 Å². The molecule has 0 aliphatic carbocycles. The van der Waals surface area contributed by atoms with Crippen LogP contribution in [0.1, 0.15) is 16.8 Å². The molecule has 2 rings (SSSR count). The van der Waals surface area contributed by atoms with Gasteiger partial charge in [-0.2, -0.15) is 0 Å². The van der Waals surface area contributed by atoms with Gasteiger partial charge in [0.2, 0.25) is 15.9 Å². The monoisotopic (exact) mass is 325 g/mol. The zero-order chi connectivity index (χ0) is 16.3. The number of benzene rings is 1. The number of hydrogen-bond acceptors (Lipinski definition) is 6. The first kappa shape index (κ1) is 16.0. The second kappa shape index (κ2) is 6.14. The minimum atomic E-state index is -3.69. The van der Waals surface area contributed by atoms with Crippen molar-refractivity contribution in [1.29, 1.82) is 0 Å². The van der Waals surface area contributed by atoms with E-state index in [0.29, 0.717) is 16.8 Å². The first-order valence-electron chi connectivity index (χ1n) is 6.46. The quantitative estimate of drug-likeness (QED) is 0.643. The van der Waals surface area contributed by atoms with Gasteiger partial charge in [0.25, 0.3) is 5.69 Å². The van der Waals surface area contributed by atoms with Gasteiger partial charge in [-0.25, -0.2) is 8.42 Å². The maximum absolute atomic E-state index is 12.0. The normalized spacial score (nSPS) is 11.4. The molecule has 1 aromatic heterocycles. The number of rotatable bonds is 6. The highest BCUT2D eigenvalue weighted by Gasteiger charge is 2.19. The average Bonchev–Trinajstić information content (AvgIpc) is 2.77. The van der Waals surface area contributed by atoms with Crippen molar-refractivity contribution in [2.24, 2.45) is 0 Å². The van der Waals surface area contributed by atoms with Crippen molar-refractivity contribution < 1.29 is 17.9 Å². The lowest BCUT2D eigenvalue weighted by atomic mass is 10.1. The molecule has 0 saturated heterocycles. The highest BCUT2D eigenvalue weighted by atomic mass is 32.2. The van der Waals surface area contributed by atoms with Gasteiger partial charge in [0.05, 0.1) is 16.4 Å². The van der Waals surface area contributed by atoms with E-state index >= 15 is 0 Å². The molecule has 1 N–H and O–H groups in total. The molecule has 0 saturated carbocycles. The van der Waals surface area contributed by atoms with E-state index < -0.39 is 14.9 Å². The molecule has 0 amide bonds. The van der Waals surface area contributed by atoms with Crippen LogP contribution in [0.5, 0.6) is 0 Å². The Labute approximate surface area is 127 Å². The highest BCUT2D eigenvalue weighted by molar-refractivity contribution is 7.92. The van der Waals surface area contributed by atoms with Gasteiger partial charge in [0.1, 0.15) is 0 Å². The smallest absolute Gasteiger partial charge is 0.272 e. The van der Waals surface area contributed by atoms with Crippen LogP contribution in [0.4, 0.5) is 11.6 Å². The number of sulfonamides is 1. The molecule has 0 fully saturated rings. The Hall–Kier alpha value is -2.42. The number of aromatic nitrogens is 1. The fourth-order valence-electron chi connectivity index (χ4n) is 1.85. The molecule has 22 heavy (non-hydrogen) atoms. The van der Waals surface area contributed by atoms with Gasteiger partial charge in [0.15, 0.2) is 0 Å². The summed E-state index contributed by atoms with van der Waals surface area (Å²) in [4.78, 5) is 10.4. The zero-order valence-corrected chi connectivity index (χ0v) is 12.9. The summed E-state index contributed by atoms with van der Waals surface area (Å²) >= 11 is 0. The zero-order valence-electron chi connectivity index (χ0n) is 12.1. The van der Waals surface area contributed by atoms with Crippen LogP contribution >= 0.6 is 0 Å². The van der Waals surface area contributed by atoms with Crippen molar-refractivity contribution in [3.8, 4) is 0 Å². The third-order valence-electron chi connectivity index (χ3n) is 3.23. The van der Waals surface area contributed by atoms with Gasteiger partial charge in [-0.1, -0.05) is 23.4 Å². The van der Waals surface area contributed by atoms with Crippen molar-refractivity contribution >= 4 is 21.6 Å². The van der Waals surface area contributed by atoms with E-state index in [0.717, 1.165) is 0 Å². The van der Waals surface area contributed by atoms with Crippen molar-refractivity contribution in [3.05, 3.63) is 51.2 Å². The largest absolute Gasteiger partial charge is 0.337 e. The van der Waals surface area contributed by atoms with E-state index in [4.69, 9.17) is 4.52 Å². The number of hydrogen-bond donors (Lipinski definition) is 1. The fourth-order valence-corrected chi connectivity index (χ4v) is 2.91. The Bertz CT molecular complexity index is 798. The summed E-state index contributed by atoms with van der Waals surface area (Å²) in [6.07, 6.45) is 0.0264. The van der Waals surface area contributed by atoms with Crippen LogP contribution in [0.15, 0.2) is 28.8 Å². The molecule has 8 nitrogen and oxygen atoms in total. The highest BCUT2D eigenvalue weighted by Crippen LogP contribution is 2.21. The average molecular weight is 325 g/mol. The van der Waals surface area contributed by atoms with Crippen LogP contribution in [-0.4, -0.2) is 24.3 Å². The number of aryl methyl sites for hydroxylation is 2. The van der Waals surface area contributed by atoms with E-state index in [1.54, 1.807) is 19.9 Å². The van der Waals surface area contributed by atoms with E-state index in [9.17, 15) is 18.5 Å². The Morgan fingerprint density at radius 2 is 2.00 bits per heavy atom. The van der Waals surface area contributed by atoms with Gasteiger partial charge in [0, 0.05) is 17.2 Å². The summed E-state index contributed by atoms with van der Waals surface area (Å²) in [5, 5.41) is 14.6.